The van der Waals surface area contributed by atoms with E-state index < -0.39 is 0 Å². The monoisotopic (exact) mass is 438 g/mol. The van der Waals surface area contributed by atoms with Crippen LogP contribution in [0.15, 0.2) is 78.9 Å². The maximum atomic E-state index is 15.1. The lowest BCUT2D eigenvalue weighted by Crippen LogP contribution is -1.88. The van der Waals surface area contributed by atoms with Crippen molar-refractivity contribution in [2.75, 3.05) is 0 Å². The molecule has 2 heteroatoms. The molecule has 0 aliphatic heterocycles. The molecule has 0 aliphatic carbocycles. The van der Waals surface area contributed by atoms with E-state index in [0.29, 0.717) is 16.5 Å². The predicted molar refractivity (Wildman–Crippen MR) is 134 cm³/mol. The first kappa shape index (κ1) is 22.7. The van der Waals surface area contributed by atoms with E-state index in [1.807, 2.05) is 18.2 Å². The van der Waals surface area contributed by atoms with Crippen molar-refractivity contribution in [2.24, 2.45) is 0 Å². The van der Waals surface area contributed by atoms with Crippen LogP contribution in [0.2, 0.25) is 0 Å². The van der Waals surface area contributed by atoms with Crippen molar-refractivity contribution in [3.8, 4) is 23.0 Å². The summed E-state index contributed by atoms with van der Waals surface area (Å²) in [5.41, 5.74) is 4.30. The van der Waals surface area contributed by atoms with E-state index in [2.05, 4.69) is 43.0 Å². The Morgan fingerprint density at radius 3 is 2.12 bits per heavy atom. The summed E-state index contributed by atoms with van der Waals surface area (Å²) in [5, 5.41) is 1.33. The Hall–Kier alpha value is -3.44. The van der Waals surface area contributed by atoms with Gasteiger partial charge in [-0.15, -0.1) is 0 Å². The molecular weight excluding hydrogens is 410 g/mol. The maximum absolute atomic E-state index is 15.1. The van der Waals surface area contributed by atoms with Gasteiger partial charge in [0.05, 0.1) is 0 Å². The Bertz CT molecular complexity index is 1270. The molecule has 0 bridgehead atoms. The molecule has 0 N–H and O–H groups in total. The Balaban J connectivity index is 1.46. The van der Waals surface area contributed by atoms with E-state index in [1.54, 1.807) is 24.3 Å². The van der Waals surface area contributed by atoms with E-state index in [4.69, 9.17) is 0 Å². The number of hydrogen-bond donors (Lipinski definition) is 0. The van der Waals surface area contributed by atoms with Crippen molar-refractivity contribution in [3.63, 3.8) is 0 Å². The van der Waals surface area contributed by atoms with Crippen LogP contribution >= 0.6 is 0 Å². The third kappa shape index (κ3) is 5.88. The minimum Gasteiger partial charge on any atom is -0.207 e. The van der Waals surface area contributed by atoms with Gasteiger partial charge in [-0.3, -0.25) is 0 Å². The number of aryl methyl sites for hydroxylation is 1. The first-order valence-corrected chi connectivity index (χ1v) is 11.7. The summed E-state index contributed by atoms with van der Waals surface area (Å²) in [6.07, 6.45) is 7.57. The molecule has 0 aromatic heterocycles. The van der Waals surface area contributed by atoms with Gasteiger partial charge >= 0.3 is 0 Å². The topological polar surface area (TPSA) is 0 Å². The minimum absolute atomic E-state index is 0.302. The molecule has 0 spiro atoms. The molecule has 0 saturated carbocycles. The minimum atomic E-state index is -0.333. The molecule has 0 radical (unpaired) electrons. The van der Waals surface area contributed by atoms with Gasteiger partial charge < -0.3 is 0 Å². The highest BCUT2D eigenvalue weighted by Crippen LogP contribution is 2.29. The molecule has 4 rings (SSSR count). The standard InChI is InChI=1S/C31H28F2/c1-2-3-4-5-6-7-23-8-10-24(11-9-23)12-13-25-14-20-30-27(22-25)17-21-29(31(30)33)26-15-18-28(32)19-16-26/h8-11,14-22H,2-7H2,1H3. The summed E-state index contributed by atoms with van der Waals surface area (Å²) < 4.78 is 28.3. The van der Waals surface area contributed by atoms with Gasteiger partial charge in [0.15, 0.2) is 0 Å². The molecule has 0 aliphatic rings. The summed E-state index contributed by atoms with van der Waals surface area (Å²) in [5.74, 6) is 5.78. The lowest BCUT2D eigenvalue weighted by molar-refractivity contribution is 0.627. The molecule has 0 fully saturated rings. The van der Waals surface area contributed by atoms with Crippen LogP contribution < -0.4 is 0 Å². The predicted octanol–water partition coefficient (Wildman–Crippen LogP) is 8.70. The second-order valence-electron chi connectivity index (χ2n) is 8.48. The lowest BCUT2D eigenvalue weighted by Gasteiger charge is -2.07. The molecule has 4 aromatic rings. The fourth-order valence-electron chi connectivity index (χ4n) is 4.05. The van der Waals surface area contributed by atoms with E-state index >= 15 is 4.39 Å². The number of halogens is 2. The van der Waals surface area contributed by atoms with Crippen LogP contribution in [0.5, 0.6) is 0 Å². The second-order valence-corrected chi connectivity index (χ2v) is 8.48. The van der Waals surface area contributed by atoms with Crippen LogP contribution in [0.25, 0.3) is 21.9 Å². The van der Waals surface area contributed by atoms with Gasteiger partial charge in [-0.1, -0.05) is 86.9 Å². The third-order valence-corrected chi connectivity index (χ3v) is 5.98. The molecule has 166 valence electrons. The van der Waals surface area contributed by atoms with Crippen LogP contribution in [0.3, 0.4) is 0 Å². The fraction of sp³-hybridized carbons (Fsp3) is 0.226. The van der Waals surface area contributed by atoms with E-state index in [9.17, 15) is 4.39 Å². The summed E-state index contributed by atoms with van der Waals surface area (Å²) in [6, 6.07) is 23.5. The zero-order chi connectivity index (χ0) is 23.0. The zero-order valence-corrected chi connectivity index (χ0v) is 19.0. The van der Waals surface area contributed by atoms with E-state index in [0.717, 1.165) is 22.9 Å². The molecule has 33 heavy (non-hydrogen) atoms. The maximum Gasteiger partial charge on any atom is 0.138 e. The van der Waals surface area contributed by atoms with Crippen molar-refractivity contribution < 1.29 is 8.78 Å². The molecule has 0 saturated heterocycles. The first-order valence-electron chi connectivity index (χ1n) is 11.7. The normalized spacial score (nSPS) is 10.8. The van der Waals surface area contributed by atoms with Gasteiger partial charge in [-0.05, 0) is 65.8 Å². The quantitative estimate of drug-likeness (QED) is 0.200. The van der Waals surface area contributed by atoms with Crippen LogP contribution in [0.4, 0.5) is 8.78 Å². The number of unbranched alkanes of at least 4 members (excludes halogenated alkanes) is 4. The number of benzene rings is 4. The third-order valence-electron chi connectivity index (χ3n) is 5.98. The fourth-order valence-corrected chi connectivity index (χ4v) is 4.05. The van der Waals surface area contributed by atoms with Crippen molar-refractivity contribution in [2.45, 2.75) is 45.4 Å². The first-order chi connectivity index (χ1) is 16.1. The van der Waals surface area contributed by atoms with E-state index in [-0.39, 0.29) is 11.6 Å². The van der Waals surface area contributed by atoms with Crippen molar-refractivity contribution in [1.29, 1.82) is 0 Å². The molecular formula is C31H28F2. The smallest absolute Gasteiger partial charge is 0.138 e. The molecule has 0 heterocycles. The van der Waals surface area contributed by atoms with Gasteiger partial charge in [0.1, 0.15) is 11.6 Å². The van der Waals surface area contributed by atoms with Gasteiger partial charge in [0, 0.05) is 22.1 Å². The second kappa shape index (κ2) is 10.9. The summed E-state index contributed by atoms with van der Waals surface area (Å²) in [4.78, 5) is 0. The average molecular weight is 439 g/mol. The summed E-state index contributed by atoms with van der Waals surface area (Å²) >= 11 is 0. The molecule has 0 unspecified atom stereocenters. The Kier molecular flexibility index (Phi) is 7.53. The van der Waals surface area contributed by atoms with Gasteiger partial charge in [0.2, 0.25) is 0 Å². The summed E-state index contributed by atoms with van der Waals surface area (Å²) in [7, 11) is 0. The number of rotatable bonds is 7. The van der Waals surface area contributed by atoms with Crippen LogP contribution in [-0.2, 0) is 6.42 Å². The number of hydrogen-bond acceptors (Lipinski definition) is 0. The van der Waals surface area contributed by atoms with Gasteiger partial charge in [-0.25, -0.2) is 8.78 Å². The molecule has 4 aromatic carbocycles. The SMILES string of the molecule is CCCCCCCc1ccc(C#Cc2ccc3c(F)c(-c4ccc(F)cc4)ccc3c2)cc1. The highest BCUT2D eigenvalue weighted by atomic mass is 19.1. The highest BCUT2D eigenvalue weighted by Gasteiger charge is 2.10. The zero-order valence-electron chi connectivity index (χ0n) is 19.0. The Morgan fingerprint density at radius 2 is 1.36 bits per heavy atom. The van der Waals surface area contributed by atoms with E-state index in [1.165, 1.54) is 49.8 Å². The molecule has 0 atom stereocenters. The van der Waals surface area contributed by atoms with Crippen molar-refractivity contribution in [1.82, 2.24) is 0 Å². The molecule has 0 nitrogen and oxygen atoms in total. The number of fused-ring (bicyclic) bond motifs is 1. The largest absolute Gasteiger partial charge is 0.207 e. The lowest BCUT2D eigenvalue weighted by atomic mass is 9.99. The molecule has 0 amide bonds. The van der Waals surface area contributed by atoms with Crippen LogP contribution in [-0.4, -0.2) is 0 Å². The van der Waals surface area contributed by atoms with Crippen molar-refractivity contribution >= 4 is 10.8 Å². The Labute approximate surface area is 195 Å². The van der Waals surface area contributed by atoms with Gasteiger partial charge in [0.25, 0.3) is 0 Å². The Morgan fingerprint density at radius 1 is 0.667 bits per heavy atom. The summed E-state index contributed by atoms with van der Waals surface area (Å²) in [6.45, 7) is 2.24. The van der Waals surface area contributed by atoms with Crippen molar-refractivity contribution in [3.05, 3.63) is 107 Å². The van der Waals surface area contributed by atoms with Gasteiger partial charge in [-0.2, -0.15) is 0 Å². The van der Waals surface area contributed by atoms with Crippen LogP contribution in [0.1, 0.15) is 55.7 Å². The van der Waals surface area contributed by atoms with Crippen LogP contribution in [0, 0.1) is 23.5 Å². The average Bonchev–Trinajstić information content (AvgIpc) is 2.84. The highest BCUT2D eigenvalue weighted by molar-refractivity contribution is 5.89.